The highest BCUT2D eigenvalue weighted by molar-refractivity contribution is 6.10. The van der Waals surface area contributed by atoms with E-state index in [1.165, 1.54) is 0 Å². The van der Waals surface area contributed by atoms with Gasteiger partial charge in [0.15, 0.2) is 17.9 Å². The van der Waals surface area contributed by atoms with Crippen LogP contribution >= 0.6 is 0 Å². The fourth-order valence-corrected chi connectivity index (χ4v) is 3.66. The van der Waals surface area contributed by atoms with E-state index in [4.69, 9.17) is 9.90 Å². The Kier molecular flexibility index (Phi) is 6.84. The van der Waals surface area contributed by atoms with E-state index < -0.39 is 12.1 Å². The molecule has 2 aromatic carbocycles. The summed E-state index contributed by atoms with van der Waals surface area (Å²) < 4.78 is 33.5. The van der Waals surface area contributed by atoms with E-state index in [0.29, 0.717) is 11.3 Å². The summed E-state index contributed by atoms with van der Waals surface area (Å²) >= 11 is 0. The van der Waals surface area contributed by atoms with Gasteiger partial charge in [-0.15, -0.1) is 0 Å². The molecule has 0 fully saturated rings. The second kappa shape index (κ2) is 10.2. The first kappa shape index (κ1) is 24.9. The van der Waals surface area contributed by atoms with Crippen LogP contribution in [-0.4, -0.2) is 23.0 Å². The van der Waals surface area contributed by atoms with Crippen molar-refractivity contribution in [3.05, 3.63) is 96.6 Å². The predicted octanol–water partition coefficient (Wildman–Crippen LogP) is 2.81. The first-order chi connectivity index (χ1) is 17.7. The number of carbonyl (C=O) groups is 2. The molecule has 5 aromatic rings. The van der Waals surface area contributed by atoms with Gasteiger partial charge in [-0.05, 0) is 42.5 Å². The molecular weight excluding hydrogens is 487 g/mol. The summed E-state index contributed by atoms with van der Waals surface area (Å²) in [6.45, 7) is 0. The number of rotatable bonds is 3. The number of nitriles is 1. The normalized spacial score (nSPS) is 10.9. The molecule has 0 atom stereocenters. The van der Waals surface area contributed by atoms with Crippen molar-refractivity contribution in [1.29, 1.82) is 5.26 Å². The molecule has 0 bridgehead atoms. The number of aliphatic carboxylic acids is 1. The van der Waals surface area contributed by atoms with Crippen LogP contribution in [0.5, 0.6) is 0 Å². The number of pyridine rings is 2. The molecule has 0 aliphatic heterocycles. The maximum absolute atomic E-state index is 13.2. The van der Waals surface area contributed by atoms with Crippen LogP contribution in [0.4, 0.5) is 18.9 Å². The van der Waals surface area contributed by atoms with Crippen molar-refractivity contribution in [2.45, 2.75) is 6.18 Å². The van der Waals surface area contributed by atoms with Gasteiger partial charge in [-0.1, -0.05) is 18.2 Å². The number of carboxylic acid groups (broad SMARTS) is 1. The van der Waals surface area contributed by atoms with Gasteiger partial charge in [-0.2, -0.15) is 22.8 Å². The number of carboxylic acids is 1. The van der Waals surface area contributed by atoms with Crippen molar-refractivity contribution < 1.29 is 37.3 Å². The fraction of sp³-hybridized carbons (Fsp3) is 0.0385. The van der Waals surface area contributed by atoms with Crippen molar-refractivity contribution in [2.75, 3.05) is 5.32 Å². The van der Waals surface area contributed by atoms with Crippen LogP contribution in [0, 0.1) is 11.3 Å². The van der Waals surface area contributed by atoms with Gasteiger partial charge >= 0.3 is 6.18 Å². The number of carbonyl (C=O) groups excluding carboxylic acids is 2. The van der Waals surface area contributed by atoms with E-state index in [-0.39, 0.29) is 5.91 Å². The highest BCUT2D eigenvalue weighted by Crippen LogP contribution is 2.24. The highest BCUT2D eigenvalue weighted by atomic mass is 19.4. The van der Waals surface area contributed by atoms with Gasteiger partial charge in [-0.3, -0.25) is 4.79 Å². The molecule has 0 saturated heterocycles. The van der Waals surface area contributed by atoms with Crippen LogP contribution in [0.15, 0.2) is 85.3 Å². The number of alkyl halides is 3. The molecule has 5 rings (SSSR count). The summed E-state index contributed by atoms with van der Waals surface area (Å²) in [5.74, 6) is -2.51. The Morgan fingerprint density at radius 1 is 1.05 bits per heavy atom. The summed E-state index contributed by atoms with van der Waals surface area (Å²) in [6, 6.07) is 22.9. The Labute approximate surface area is 207 Å². The Bertz CT molecular complexity index is 1670. The number of nitrogens with zero attached hydrogens (tertiary/aromatic N) is 2. The van der Waals surface area contributed by atoms with Crippen molar-refractivity contribution in [3.8, 4) is 17.5 Å². The molecule has 3 heterocycles. The monoisotopic (exact) mass is 504 g/mol. The lowest BCUT2D eigenvalue weighted by atomic mass is 10.1. The third kappa shape index (κ3) is 5.38. The van der Waals surface area contributed by atoms with Crippen LogP contribution in [-0.2, 0) is 4.79 Å². The topological polar surface area (TPSA) is 127 Å². The Morgan fingerprint density at radius 2 is 1.81 bits per heavy atom. The molecule has 0 aliphatic carbocycles. The number of aromatic nitrogens is 3. The second-order valence-electron chi connectivity index (χ2n) is 7.69. The van der Waals surface area contributed by atoms with Gasteiger partial charge in [0, 0.05) is 22.5 Å². The van der Waals surface area contributed by atoms with E-state index in [2.05, 4.69) is 21.4 Å². The average molecular weight is 504 g/mol. The number of imidazole rings is 1. The number of halogens is 3. The Balaban J connectivity index is 0.000000405. The number of H-pyrrole nitrogens is 2. The maximum atomic E-state index is 13.2. The summed E-state index contributed by atoms with van der Waals surface area (Å²) in [7, 11) is 0. The largest absolute Gasteiger partial charge is 0.542 e. The quantitative estimate of drug-likeness (QED) is 0.366. The molecular formula is C26H17F3N5O3+. The van der Waals surface area contributed by atoms with E-state index in [9.17, 15) is 23.2 Å². The molecule has 0 unspecified atom stereocenters. The molecule has 3 aromatic heterocycles. The third-order valence-corrected chi connectivity index (χ3v) is 5.30. The molecule has 0 radical (unpaired) electrons. The van der Waals surface area contributed by atoms with Crippen molar-refractivity contribution in [2.24, 2.45) is 0 Å². The summed E-state index contributed by atoms with van der Waals surface area (Å²) in [4.78, 5) is 28.3. The minimum Gasteiger partial charge on any atom is -0.542 e. The van der Waals surface area contributed by atoms with Gasteiger partial charge in [0.2, 0.25) is 5.69 Å². The molecule has 0 aliphatic rings. The molecule has 8 nitrogen and oxygen atoms in total. The average Bonchev–Trinajstić information content (AvgIpc) is 3.29. The predicted molar refractivity (Wildman–Crippen MR) is 124 cm³/mol. The molecule has 184 valence electrons. The first-order valence-corrected chi connectivity index (χ1v) is 10.7. The van der Waals surface area contributed by atoms with Gasteiger partial charge in [0.05, 0.1) is 23.4 Å². The molecule has 37 heavy (non-hydrogen) atoms. The number of amides is 1. The number of anilines is 1. The maximum Gasteiger partial charge on any atom is 0.430 e. The van der Waals surface area contributed by atoms with E-state index >= 15 is 0 Å². The lowest BCUT2D eigenvalue weighted by molar-refractivity contribution is -0.498. The van der Waals surface area contributed by atoms with Crippen LogP contribution in [0.3, 0.4) is 0 Å². The zero-order chi connectivity index (χ0) is 26.6. The van der Waals surface area contributed by atoms with Crippen molar-refractivity contribution in [1.82, 2.24) is 4.98 Å². The highest BCUT2D eigenvalue weighted by Gasteiger charge is 2.29. The standard InChI is InChI=1S/C24H15N5O.C2HF3O2/c25-14-16-5-3-6-17(13-16)23-28-22(21-9-1-2-12-29(21)23)24(30)27-20-8-4-7-18-15-26-11-10-19(18)20;3-2(4,5)1(6)7/h1-13,15H,(H,27,30);(H,6,7)/p+1. The summed E-state index contributed by atoms with van der Waals surface area (Å²) in [6.07, 6.45) is 0.425. The summed E-state index contributed by atoms with van der Waals surface area (Å²) in [5.41, 5.74) is 3.33. The molecule has 11 heteroatoms. The van der Waals surface area contributed by atoms with Gasteiger partial charge in [0.25, 0.3) is 11.7 Å². The molecule has 0 saturated carbocycles. The van der Waals surface area contributed by atoms with Crippen LogP contribution in [0.2, 0.25) is 0 Å². The lowest BCUT2D eigenvalue weighted by Crippen LogP contribution is -2.37. The van der Waals surface area contributed by atoms with Crippen molar-refractivity contribution >= 4 is 33.9 Å². The smallest absolute Gasteiger partial charge is 0.430 e. The van der Waals surface area contributed by atoms with Gasteiger partial charge in [0.1, 0.15) is 5.97 Å². The SMILES string of the molecule is N#Cc1cccc(-c2[nH]c(C(=O)Nc3cccc4c[nH+]ccc34)c3cccc[n+]23)c1.O=C([O-])C(F)(F)F. The van der Waals surface area contributed by atoms with E-state index in [1.807, 2.05) is 77.6 Å². The van der Waals surface area contributed by atoms with Gasteiger partial charge in [-0.25, -0.2) is 9.97 Å². The second-order valence-corrected chi connectivity index (χ2v) is 7.69. The van der Waals surface area contributed by atoms with Crippen LogP contribution in [0.25, 0.3) is 27.7 Å². The van der Waals surface area contributed by atoms with E-state index in [0.717, 1.165) is 33.4 Å². The molecule has 0 spiro atoms. The Morgan fingerprint density at radius 3 is 2.54 bits per heavy atom. The number of hydrogen-bond donors (Lipinski definition) is 2. The first-order valence-electron chi connectivity index (χ1n) is 10.7. The van der Waals surface area contributed by atoms with Crippen LogP contribution in [0.1, 0.15) is 16.1 Å². The number of benzene rings is 2. The number of aromatic amines is 2. The lowest BCUT2D eigenvalue weighted by Gasteiger charge is -2.05. The zero-order valence-electron chi connectivity index (χ0n) is 18.8. The summed E-state index contributed by atoms with van der Waals surface area (Å²) in [5, 5.41) is 23.0. The molecule has 3 N–H and O–H groups in total. The van der Waals surface area contributed by atoms with Crippen LogP contribution < -0.4 is 19.8 Å². The van der Waals surface area contributed by atoms with E-state index in [1.54, 1.807) is 12.1 Å². The third-order valence-electron chi connectivity index (χ3n) is 5.30. The van der Waals surface area contributed by atoms with Crippen molar-refractivity contribution in [3.63, 3.8) is 0 Å². The number of nitrogens with one attached hydrogen (secondary N) is 3. The zero-order valence-corrected chi connectivity index (χ0v) is 18.8. The number of fused-ring (bicyclic) bond motifs is 2. The molecule has 1 amide bonds. The number of hydrogen-bond acceptors (Lipinski definition) is 4. The fourth-order valence-electron chi connectivity index (χ4n) is 3.66. The Hall–Kier alpha value is -5.24. The minimum absolute atomic E-state index is 0.235. The van der Waals surface area contributed by atoms with Gasteiger partial charge < -0.3 is 15.2 Å². The minimum atomic E-state index is -5.19.